The highest BCUT2D eigenvalue weighted by atomic mass is 16.3. The van der Waals surface area contributed by atoms with Crippen LogP contribution < -0.4 is 0 Å². The molecule has 1 aromatic rings. The van der Waals surface area contributed by atoms with Crippen molar-refractivity contribution in [2.75, 3.05) is 13.1 Å². The third kappa shape index (κ3) is 3.56. The minimum Gasteiger partial charge on any atom is -0.388 e. The molecule has 2 heteroatoms. The highest BCUT2D eigenvalue weighted by Gasteiger charge is 2.30. The SMILES string of the molecule is CCCN(CC(C)C(O)c1ccccc1)C1CC1. The lowest BCUT2D eigenvalue weighted by molar-refractivity contribution is 0.0856. The lowest BCUT2D eigenvalue weighted by atomic mass is 9.97. The Balaban J connectivity index is 1.91. The molecule has 2 nitrogen and oxygen atoms in total. The van der Waals surface area contributed by atoms with Gasteiger partial charge in [-0.2, -0.15) is 0 Å². The Bertz CT molecular complexity index is 347. The lowest BCUT2D eigenvalue weighted by Crippen LogP contribution is -2.33. The predicted octanol–water partition coefficient (Wildman–Crippen LogP) is 3.23. The molecule has 100 valence electrons. The fourth-order valence-corrected chi connectivity index (χ4v) is 2.60. The predicted molar refractivity (Wildman–Crippen MR) is 75.5 cm³/mol. The zero-order chi connectivity index (χ0) is 13.0. The molecule has 1 saturated carbocycles. The van der Waals surface area contributed by atoms with Crippen molar-refractivity contribution in [1.29, 1.82) is 0 Å². The van der Waals surface area contributed by atoms with Gasteiger partial charge in [-0.1, -0.05) is 44.2 Å². The number of benzene rings is 1. The van der Waals surface area contributed by atoms with Crippen molar-refractivity contribution in [3.8, 4) is 0 Å². The smallest absolute Gasteiger partial charge is 0.0827 e. The van der Waals surface area contributed by atoms with Gasteiger partial charge in [0.15, 0.2) is 0 Å². The fourth-order valence-electron chi connectivity index (χ4n) is 2.60. The van der Waals surface area contributed by atoms with Gasteiger partial charge in [-0.25, -0.2) is 0 Å². The largest absolute Gasteiger partial charge is 0.388 e. The minimum atomic E-state index is -0.343. The van der Waals surface area contributed by atoms with E-state index in [1.807, 2.05) is 30.3 Å². The Morgan fingerprint density at radius 1 is 1.28 bits per heavy atom. The van der Waals surface area contributed by atoms with Crippen molar-refractivity contribution >= 4 is 0 Å². The summed E-state index contributed by atoms with van der Waals surface area (Å²) >= 11 is 0. The van der Waals surface area contributed by atoms with Crippen LogP contribution in [0.1, 0.15) is 44.8 Å². The number of aliphatic hydroxyl groups is 1. The van der Waals surface area contributed by atoms with Gasteiger partial charge in [-0.15, -0.1) is 0 Å². The van der Waals surface area contributed by atoms with E-state index >= 15 is 0 Å². The average Bonchev–Trinajstić information content (AvgIpc) is 3.22. The van der Waals surface area contributed by atoms with Crippen LogP contribution in [0.3, 0.4) is 0 Å². The van der Waals surface area contributed by atoms with Crippen LogP contribution >= 0.6 is 0 Å². The Kier molecular flexibility index (Phi) is 4.79. The number of nitrogens with zero attached hydrogens (tertiary/aromatic N) is 1. The molecule has 0 amide bonds. The molecule has 2 rings (SSSR count). The Morgan fingerprint density at radius 3 is 2.50 bits per heavy atom. The Labute approximate surface area is 111 Å². The molecule has 1 aliphatic carbocycles. The summed E-state index contributed by atoms with van der Waals surface area (Å²) in [7, 11) is 0. The van der Waals surface area contributed by atoms with E-state index in [4.69, 9.17) is 0 Å². The summed E-state index contributed by atoms with van der Waals surface area (Å²) in [6.45, 7) is 6.56. The molecule has 0 bridgehead atoms. The van der Waals surface area contributed by atoms with Crippen LogP contribution in [0.25, 0.3) is 0 Å². The summed E-state index contributed by atoms with van der Waals surface area (Å²) in [5.74, 6) is 0.291. The van der Waals surface area contributed by atoms with Crippen LogP contribution in [-0.2, 0) is 0 Å². The molecule has 2 unspecified atom stereocenters. The van der Waals surface area contributed by atoms with Gasteiger partial charge < -0.3 is 10.0 Å². The number of rotatable bonds is 7. The van der Waals surface area contributed by atoms with E-state index in [-0.39, 0.29) is 6.10 Å². The summed E-state index contributed by atoms with van der Waals surface area (Å²) in [5, 5.41) is 10.4. The first-order valence-corrected chi connectivity index (χ1v) is 7.19. The van der Waals surface area contributed by atoms with Crippen LogP contribution in [0.5, 0.6) is 0 Å². The standard InChI is InChI=1S/C16H25NO/c1-3-11-17(15-9-10-15)12-13(2)16(18)14-7-5-4-6-8-14/h4-8,13,15-16,18H,3,9-12H2,1-2H3. The van der Waals surface area contributed by atoms with Crippen LogP contribution in [0.4, 0.5) is 0 Å². The maximum absolute atomic E-state index is 10.4. The van der Waals surface area contributed by atoms with Crippen LogP contribution in [0, 0.1) is 5.92 Å². The summed E-state index contributed by atoms with van der Waals surface area (Å²) < 4.78 is 0. The van der Waals surface area contributed by atoms with Crippen molar-refractivity contribution in [3.05, 3.63) is 35.9 Å². The zero-order valence-electron chi connectivity index (χ0n) is 11.5. The quantitative estimate of drug-likeness (QED) is 0.799. The lowest BCUT2D eigenvalue weighted by Gasteiger charge is -2.28. The van der Waals surface area contributed by atoms with E-state index in [0.717, 1.165) is 24.7 Å². The maximum Gasteiger partial charge on any atom is 0.0827 e. The molecular formula is C16H25NO. The fraction of sp³-hybridized carbons (Fsp3) is 0.625. The number of aliphatic hydroxyl groups excluding tert-OH is 1. The molecule has 0 saturated heterocycles. The molecule has 2 atom stereocenters. The van der Waals surface area contributed by atoms with E-state index in [0.29, 0.717) is 5.92 Å². The monoisotopic (exact) mass is 247 g/mol. The number of hydrogen-bond donors (Lipinski definition) is 1. The minimum absolute atomic E-state index is 0.291. The van der Waals surface area contributed by atoms with Gasteiger partial charge in [-0.3, -0.25) is 0 Å². The van der Waals surface area contributed by atoms with Gasteiger partial charge in [0.05, 0.1) is 6.10 Å². The molecule has 0 spiro atoms. The van der Waals surface area contributed by atoms with Crippen molar-refractivity contribution in [2.24, 2.45) is 5.92 Å². The van der Waals surface area contributed by atoms with Gasteiger partial charge >= 0.3 is 0 Å². The molecule has 1 N–H and O–H groups in total. The molecule has 0 radical (unpaired) electrons. The molecule has 1 aromatic carbocycles. The molecule has 1 aliphatic rings. The second-order valence-electron chi connectivity index (χ2n) is 5.56. The normalized spacial score (nSPS) is 18.9. The molecule has 18 heavy (non-hydrogen) atoms. The van der Waals surface area contributed by atoms with Crippen molar-refractivity contribution in [1.82, 2.24) is 4.90 Å². The van der Waals surface area contributed by atoms with Crippen LogP contribution in [0.2, 0.25) is 0 Å². The molecule has 0 heterocycles. The first-order valence-electron chi connectivity index (χ1n) is 7.19. The highest BCUT2D eigenvalue weighted by Crippen LogP contribution is 2.30. The summed E-state index contributed by atoms with van der Waals surface area (Å²) in [4.78, 5) is 2.55. The first kappa shape index (κ1) is 13.6. The molecule has 0 aromatic heterocycles. The van der Waals surface area contributed by atoms with Crippen LogP contribution in [-0.4, -0.2) is 29.1 Å². The zero-order valence-corrected chi connectivity index (χ0v) is 11.5. The van der Waals surface area contributed by atoms with Crippen LogP contribution in [0.15, 0.2) is 30.3 Å². The Hall–Kier alpha value is -0.860. The van der Waals surface area contributed by atoms with Gasteiger partial charge in [0, 0.05) is 12.6 Å². The van der Waals surface area contributed by atoms with E-state index in [1.165, 1.54) is 19.3 Å². The van der Waals surface area contributed by atoms with Crippen molar-refractivity contribution in [3.63, 3.8) is 0 Å². The van der Waals surface area contributed by atoms with Gasteiger partial charge in [0.25, 0.3) is 0 Å². The van der Waals surface area contributed by atoms with Gasteiger partial charge in [-0.05, 0) is 37.3 Å². The maximum atomic E-state index is 10.4. The van der Waals surface area contributed by atoms with E-state index in [1.54, 1.807) is 0 Å². The second-order valence-corrected chi connectivity index (χ2v) is 5.56. The topological polar surface area (TPSA) is 23.5 Å². The Morgan fingerprint density at radius 2 is 1.94 bits per heavy atom. The van der Waals surface area contributed by atoms with E-state index < -0.39 is 0 Å². The molecule has 1 fully saturated rings. The molecular weight excluding hydrogens is 222 g/mol. The highest BCUT2D eigenvalue weighted by molar-refractivity contribution is 5.17. The van der Waals surface area contributed by atoms with Crippen molar-refractivity contribution < 1.29 is 5.11 Å². The van der Waals surface area contributed by atoms with E-state index in [2.05, 4.69) is 18.7 Å². The molecule has 0 aliphatic heterocycles. The number of hydrogen-bond acceptors (Lipinski definition) is 2. The third-order valence-corrected chi connectivity index (χ3v) is 3.78. The third-order valence-electron chi connectivity index (χ3n) is 3.78. The van der Waals surface area contributed by atoms with Crippen molar-refractivity contribution in [2.45, 2.75) is 45.3 Å². The first-order chi connectivity index (χ1) is 8.72. The van der Waals surface area contributed by atoms with Gasteiger partial charge in [0.1, 0.15) is 0 Å². The average molecular weight is 247 g/mol. The summed E-state index contributed by atoms with van der Waals surface area (Å²) in [6, 6.07) is 10.8. The summed E-state index contributed by atoms with van der Waals surface area (Å²) in [6.07, 6.45) is 3.54. The summed E-state index contributed by atoms with van der Waals surface area (Å²) in [5.41, 5.74) is 1.04. The van der Waals surface area contributed by atoms with Gasteiger partial charge in [0.2, 0.25) is 0 Å². The second kappa shape index (κ2) is 6.35. The van der Waals surface area contributed by atoms with E-state index in [9.17, 15) is 5.11 Å².